The summed E-state index contributed by atoms with van der Waals surface area (Å²) in [7, 11) is 0. The van der Waals surface area contributed by atoms with E-state index in [2.05, 4.69) is 10.3 Å². The quantitative estimate of drug-likeness (QED) is 0.473. The minimum atomic E-state index is -4.60. The first-order valence-corrected chi connectivity index (χ1v) is 11.5. The van der Waals surface area contributed by atoms with Crippen molar-refractivity contribution in [3.63, 3.8) is 0 Å². The van der Waals surface area contributed by atoms with Crippen LogP contribution >= 0.6 is 22.9 Å². The summed E-state index contributed by atoms with van der Waals surface area (Å²) < 4.78 is 45.0. The number of halogens is 4. The highest BCUT2D eigenvalue weighted by Crippen LogP contribution is 2.39. The highest BCUT2D eigenvalue weighted by Gasteiger charge is 2.38. The van der Waals surface area contributed by atoms with Crippen LogP contribution in [-0.2, 0) is 15.8 Å². The van der Waals surface area contributed by atoms with E-state index in [-0.39, 0.29) is 10.7 Å². The number of thiazole rings is 1. The first-order chi connectivity index (χ1) is 16.0. The first kappa shape index (κ1) is 24.0. The molecule has 11 heteroatoms. The zero-order chi connectivity index (χ0) is 24.8. The molecule has 3 aromatic rings. The lowest BCUT2D eigenvalue weighted by atomic mass is 10.1. The molecule has 6 nitrogen and oxygen atoms in total. The number of hydrogen-bond acceptors (Lipinski definition) is 5. The predicted molar refractivity (Wildman–Crippen MR) is 124 cm³/mol. The van der Waals surface area contributed by atoms with E-state index in [4.69, 9.17) is 16.3 Å². The number of anilines is 2. The lowest BCUT2D eigenvalue weighted by Crippen LogP contribution is -2.52. The van der Waals surface area contributed by atoms with Crippen LogP contribution in [0.4, 0.5) is 24.5 Å². The van der Waals surface area contributed by atoms with Crippen molar-refractivity contribution in [3.8, 4) is 17.0 Å². The molecule has 0 spiro atoms. The fourth-order valence-corrected chi connectivity index (χ4v) is 4.35. The fraction of sp³-hybridized carbons (Fsp3) is 0.261. The van der Waals surface area contributed by atoms with E-state index < -0.39 is 35.7 Å². The van der Waals surface area contributed by atoms with Gasteiger partial charge in [0.05, 0.1) is 32.7 Å². The summed E-state index contributed by atoms with van der Waals surface area (Å²) in [5.74, 6) is -0.763. The number of aromatic nitrogens is 1. The van der Waals surface area contributed by atoms with E-state index >= 15 is 0 Å². The van der Waals surface area contributed by atoms with Gasteiger partial charge in [0, 0.05) is 10.9 Å². The number of ether oxygens (including phenoxy) is 1. The van der Waals surface area contributed by atoms with Crippen LogP contribution < -0.4 is 15.0 Å². The average Bonchev–Trinajstić information content (AvgIpc) is 3.21. The number of rotatable bonds is 4. The zero-order valence-electron chi connectivity index (χ0n) is 18.2. The summed E-state index contributed by atoms with van der Waals surface area (Å²) in [6.07, 6.45) is -5.46. The first-order valence-electron chi connectivity index (χ1n) is 10.2. The Kier molecular flexibility index (Phi) is 6.30. The Labute approximate surface area is 202 Å². The van der Waals surface area contributed by atoms with Gasteiger partial charge in [-0.25, -0.2) is 4.98 Å². The van der Waals surface area contributed by atoms with E-state index in [1.54, 1.807) is 25.1 Å². The van der Waals surface area contributed by atoms with Crippen molar-refractivity contribution < 1.29 is 27.5 Å². The molecule has 2 aromatic carbocycles. The molecule has 178 valence electrons. The zero-order valence-corrected chi connectivity index (χ0v) is 19.8. The van der Waals surface area contributed by atoms with Crippen LogP contribution in [0.2, 0.25) is 5.02 Å². The molecule has 2 unspecified atom stereocenters. The lowest BCUT2D eigenvalue weighted by Gasteiger charge is -2.36. The van der Waals surface area contributed by atoms with Gasteiger partial charge in [0.2, 0.25) is 5.91 Å². The molecule has 0 fully saturated rings. The lowest BCUT2D eigenvalue weighted by molar-refractivity contribution is -0.137. The number of nitrogens with zero attached hydrogens (tertiary/aromatic N) is 2. The predicted octanol–water partition coefficient (Wildman–Crippen LogP) is 5.93. The van der Waals surface area contributed by atoms with Gasteiger partial charge in [0.1, 0.15) is 11.8 Å². The van der Waals surface area contributed by atoms with Gasteiger partial charge >= 0.3 is 6.18 Å². The smallest absolute Gasteiger partial charge is 0.416 e. The van der Waals surface area contributed by atoms with Gasteiger partial charge in [-0.1, -0.05) is 11.6 Å². The van der Waals surface area contributed by atoms with Crippen molar-refractivity contribution in [1.82, 2.24) is 4.98 Å². The summed E-state index contributed by atoms with van der Waals surface area (Å²) >= 11 is 7.49. The second-order valence-corrected chi connectivity index (χ2v) is 9.23. The number of fused-ring (bicyclic) bond motifs is 1. The van der Waals surface area contributed by atoms with Gasteiger partial charge in [-0.2, -0.15) is 13.2 Å². The third kappa shape index (κ3) is 4.60. The van der Waals surface area contributed by atoms with Crippen molar-refractivity contribution >= 4 is 46.1 Å². The average molecular weight is 510 g/mol. The summed E-state index contributed by atoms with van der Waals surface area (Å²) in [6, 6.07) is 6.78. The molecule has 0 saturated carbocycles. The van der Waals surface area contributed by atoms with E-state index in [9.17, 15) is 22.8 Å². The number of alkyl halides is 3. The van der Waals surface area contributed by atoms with Crippen molar-refractivity contribution in [2.24, 2.45) is 0 Å². The summed E-state index contributed by atoms with van der Waals surface area (Å²) in [6.45, 7) is 4.92. The van der Waals surface area contributed by atoms with Crippen LogP contribution in [0.1, 0.15) is 24.4 Å². The topological polar surface area (TPSA) is 71.5 Å². The molecule has 1 aromatic heterocycles. The molecular formula is C23H19ClF3N3O3S. The minimum Gasteiger partial charge on any atom is -0.479 e. The molecule has 0 saturated heterocycles. The SMILES string of the molecule is Cc1nc(-c2ccc3c(c2)N(C(C)C(=O)Nc2cc(C(F)(F)F)ccc2Cl)C(=O)C(C)O3)cs1. The van der Waals surface area contributed by atoms with E-state index in [0.29, 0.717) is 17.1 Å². The van der Waals surface area contributed by atoms with E-state index in [1.165, 1.54) is 23.2 Å². The Morgan fingerprint density at radius 2 is 2.00 bits per heavy atom. The number of hydrogen-bond donors (Lipinski definition) is 1. The molecule has 2 amide bonds. The van der Waals surface area contributed by atoms with Gasteiger partial charge in [0.15, 0.2) is 6.10 Å². The Morgan fingerprint density at radius 1 is 1.26 bits per heavy atom. The second kappa shape index (κ2) is 8.92. The number of benzene rings is 2. The normalized spacial score (nSPS) is 16.6. The van der Waals surface area contributed by atoms with Crippen molar-refractivity contribution in [1.29, 1.82) is 0 Å². The molecule has 0 bridgehead atoms. The molecule has 0 aliphatic carbocycles. The van der Waals surface area contributed by atoms with Gasteiger partial charge in [0.25, 0.3) is 5.91 Å². The highest BCUT2D eigenvalue weighted by atomic mass is 35.5. The number of carbonyl (C=O) groups is 2. The van der Waals surface area contributed by atoms with Gasteiger partial charge in [-0.05, 0) is 57.2 Å². The van der Waals surface area contributed by atoms with Crippen LogP contribution in [0.15, 0.2) is 41.8 Å². The van der Waals surface area contributed by atoms with E-state index in [0.717, 1.165) is 28.8 Å². The molecule has 1 aliphatic heterocycles. The van der Waals surface area contributed by atoms with Crippen LogP contribution in [0.25, 0.3) is 11.3 Å². The van der Waals surface area contributed by atoms with Crippen LogP contribution in [0, 0.1) is 6.92 Å². The highest BCUT2D eigenvalue weighted by molar-refractivity contribution is 7.09. The maximum absolute atomic E-state index is 13.1. The van der Waals surface area contributed by atoms with Crippen LogP contribution in [0.3, 0.4) is 0 Å². The number of amides is 2. The second-order valence-electron chi connectivity index (χ2n) is 7.76. The maximum atomic E-state index is 13.1. The molecule has 0 radical (unpaired) electrons. The Morgan fingerprint density at radius 3 is 2.65 bits per heavy atom. The molecule has 1 aliphatic rings. The van der Waals surface area contributed by atoms with Crippen molar-refractivity contribution in [3.05, 3.63) is 57.4 Å². The third-order valence-electron chi connectivity index (χ3n) is 5.34. The fourth-order valence-electron chi connectivity index (χ4n) is 3.57. The molecule has 2 atom stereocenters. The third-order valence-corrected chi connectivity index (χ3v) is 6.44. The largest absolute Gasteiger partial charge is 0.479 e. The van der Waals surface area contributed by atoms with Crippen LogP contribution in [-0.4, -0.2) is 28.9 Å². The minimum absolute atomic E-state index is 0.0585. The van der Waals surface area contributed by atoms with Gasteiger partial charge < -0.3 is 10.1 Å². The Bertz CT molecular complexity index is 1280. The summed E-state index contributed by atoms with van der Waals surface area (Å²) in [4.78, 5) is 31.8. The Balaban J connectivity index is 1.67. The molecular weight excluding hydrogens is 491 g/mol. The van der Waals surface area contributed by atoms with E-state index in [1.807, 2.05) is 12.3 Å². The monoisotopic (exact) mass is 509 g/mol. The molecule has 2 heterocycles. The van der Waals surface area contributed by atoms with Crippen LogP contribution in [0.5, 0.6) is 5.75 Å². The molecule has 4 rings (SSSR count). The van der Waals surface area contributed by atoms with Gasteiger partial charge in [-0.15, -0.1) is 11.3 Å². The van der Waals surface area contributed by atoms with Crippen molar-refractivity contribution in [2.45, 2.75) is 39.1 Å². The number of aryl methyl sites for hydroxylation is 1. The molecule has 34 heavy (non-hydrogen) atoms. The summed E-state index contributed by atoms with van der Waals surface area (Å²) in [5, 5.41) is 5.11. The Hall–Kier alpha value is -3.11. The molecule has 1 N–H and O–H groups in total. The maximum Gasteiger partial charge on any atom is 0.416 e. The number of carbonyl (C=O) groups excluding carboxylic acids is 2. The van der Waals surface area contributed by atoms with Crippen molar-refractivity contribution in [2.75, 3.05) is 10.2 Å². The standard InChI is InChI=1S/C23H19ClF3N3O3S/c1-11(21(31)29-17-9-15(23(25,26)27)5-6-16(17)24)30-19-8-14(18-10-34-13(3)28-18)4-7-20(19)33-12(2)22(30)32/h4-12H,1-3H3,(H,29,31). The number of nitrogens with one attached hydrogen (secondary N) is 1. The summed E-state index contributed by atoms with van der Waals surface area (Å²) in [5.41, 5.74) is 0.652. The van der Waals surface area contributed by atoms with Gasteiger partial charge in [-0.3, -0.25) is 14.5 Å².